The molecular weight excluding hydrogens is 234 g/mol. The van der Waals surface area contributed by atoms with Crippen LogP contribution in [0.15, 0.2) is 55.0 Å². The van der Waals surface area contributed by atoms with Gasteiger partial charge in [-0.15, -0.1) is 0 Å². The molecule has 0 aliphatic carbocycles. The lowest BCUT2D eigenvalue weighted by molar-refractivity contribution is 0.793. The van der Waals surface area contributed by atoms with E-state index < -0.39 is 0 Å². The molecule has 96 valence electrons. The molecule has 2 heterocycles. The molecule has 19 heavy (non-hydrogen) atoms. The smallest absolute Gasteiger partial charge is 0.0491 e. The van der Waals surface area contributed by atoms with Gasteiger partial charge in [0.1, 0.15) is 0 Å². The summed E-state index contributed by atoms with van der Waals surface area (Å²) in [6, 6.07) is 12.6. The van der Waals surface area contributed by atoms with Crippen LogP contribution in [0.5, 0.6) is 0 Å². The molecule has 3 heteroatoms. The fourth-order valence-electron chi connectivity index (χ4n) is 2.47. The van der Waals surface area contributed by atoms with Crippen molar-refractivity contribution in [3.63, 3.8) is 0 Å². The van der Waals surface area contributed by atoms with Gasteiger partial charge in [-0.2, -0.15) is 0 Å². The maximum atomic E-state index is 4.18. The minimum atomic E-state index is 0.859. The summed E-state index contributed by atoms with van der Waals surface area (Å²) in [6.45, 7) is 1.75. The first-order valence-corrected chi connectivity index (χ1v) is 6.49. The molecule has 0 saturated carbocycles. The highest BCUT2D eigenvalue weighted by Crippen LogP contribution is 2.22. The second-order valence-electron chi connectivity index (χ2n) is 4.69. The van der Waals surface area contributed by atoms with E-state index >= 15 is 0 Å². The highest BCUT2D eigenvalue weighted by Gasteiger charge is 2.07. The number of nitrogens with zero attached hydrogens (tertiary/aromatic N) is 2. The molecule has 0 radical (unpaired) electrons. The summed E-state index contributed by atoms with van der Waals surface area (Å²) in [5.74, 6) is 0. The Morgan fingerprint density at radius 3 is 2.84 bits per heavy atom. The topological polar surface area (TPSA) is 29.9 Å². The Hall–Kier alpha value is -2.13. The van der Waals surface area contributed by atoms with Crippen LogP contribution in [-0.4, -0.2) is 16.6 Å². The monoisotopic (exact) mass is 251 g/mol. The Morgan fingerprint density at radius 1 is 1.16 bits per heavy atom. The Morgan fingerprint density at radius 2 is 2.05 bits per heavy atom. The molecule has 1 N–H and O–H groups in total. The van der Waals surface area contributed by atoms with Gasteiger partial charge in [0.2, 0.25) is 0 Å². The van der Waals surface area contributed by atoms with Gasteiger partial charge in [0.25, 0.3) is 0 Å². The van der Waals surface area contributed by atoms with Gasteiger partial charge in [-0.1, -0.05) is 24.3 Å². The fourth-order valence-corrected chi connectivity index (χ4v) is 2.47. The summed E-state index contributed by atoms with van der Waals surface area (Å²) in [5.41, 5.74) is 3.83. The zero-order valence-corrected chi connectivity index (χ0v) is 11.0. The summed E-state index contributed by atoms with van der Waals surface area (Å²) < 4.78 is 2.29. The van der Waals surface area contributed by atoms with Crippen molar-refractivity contribution in [1.82, 2.24) is 14.9 Å². The normalized spacial score (nSPS) is 11.0. The minimum Gasteiger partial charge on any atom is -0.343 e. The number of hydrogen-bond donors (Lipinski definition) is 1. The first kappa shape index (κ1) is 11.9. The van der Waals surface area contributed by atoms with Crippen molar-refractivity contribution < 1.29 is 0 Å². The van der Waals surface area contributed by atoms with Gasteiger partial charge in [0, 0.05) is 42.6 Å². The van der Waals surface area contributed by atoms with Crippen LogP contribution in [0.1, 0.15) is 11.1 Å². The van der Waals surface area contributed by atoms with E-state index in [-0.39, 0.29) is 0 Å². The molecule has 0 amide bonds. The van der Waals surface area contributed by atoms with Crippen LogP contribution in [0.25, 0.3) is 10.9 Å². The fraction of sp³-hybridized carbons (Fsp3) is 0.188. The maximum Gasteiger partial charge on any atom is 0.0491 e. The van der Waals surface area contributed by atoms with Crippen molar-refractivity contribution >= 4 is 10.9 Å². The van der Waals surface area contributed by atoms with Crippen molar-refractivity contribution in [1.29, 1.82) is 0 Å². The Bertz CT molecular complexity index is 671. The SMILES string of the molecule is CNCc1cn(Cc2cccnc2)c2ccccc12. The van der Waals surface area contributed by atoms with Crippen LogP contribution in [0.2, 0.25) is 0 Å². The summed E-state index contributed by atoms with van der Waals surface area (Å²) in [7, 11) is 1.98. The zero-order chi connectivity index (χ0) is 13.1. The Kier molecular flexibility index (Phi) is 3.29. The van der Waals surface area contributed by atoms with Crippen molar-refractivity contribution in [2.75, 3.05) is 7.05 Å². The molecule has 0 aliphatic heterocycles. The first-order chi connectivity index (χ1) is 9.38. The Balaban J connectivity index is 2.03. The molecule has 3 aromatic rings. The van der Waals surface area contributed by atoms with E-state index in [0.29, 0.717) is 0 Å². The summed E-state index contributed by atoms with van der Waals surface area (Å²) in [5, 5.41) is 4.55. The van der Waals surface area contributed by atoms with Gasteiger partial charge in [0.15, 0.2) is 0 Å². The molecule has 2 aromatic heterocycles. The molecule has 0 spiro atoms. The lowest BCUT2D eigenvalue weighted by Crippen LogP contribution is -2.04. The number of fused-ring (bicyclic) bond motifs is 1. The number of benzene rings is 1. The largest absolute Gasteiger partial charge is 0.343 e. The lowest BCUT2D eigenvalue weighted by atomic mass is 10.2. The van der Waals surface area contributed by atoms with E-state index in [0.717, 1.165) is 13.1 Å². The highest BCUT2D eigenvalue weighted by atomic mass is 15.0. The Labute approximate surface area is 112 Å². The molecule has 3 nitrogen and oxygen atoms in total. The summed E-state index contributed by atoms with van der Waals surface area (Å²) in [6.07, 6.45) is 5.96. The number of pyridine rings is 1. The highest BCUT2D eigenvalue weighted by molar-refractivity contribution is 5.84. The molecule has 0 aliphatic rings. The van der Waals surface area contributed by atoms with Crippen LogP contribution < -0.4 is 5.32 Å². The van der Waals surface area contributed by atoms with Gasteiger partial charge in [-0.3, -0.25) is 4.98 Å². The molecule has 1 aromatic carbocycles. The third-order valence-electron chi connectivity index (χ3n) is 3.31. The second kappa shape index (κ2) is 5.24. The molecule has 0 unspecified atom stereocenters. The van der Waals surface area contributed by atoms with E-state index in [1.807, 2.05) is 25.5 Å². The molecule has 0 fully saturated rings. The predicted octanol–water partition coefficient (Wildman–Crippen LogP) is 2.80. The standard InChI is InChI=1S/C16H17N3/c1-17-10-14-12-19(11-13-5-4-8-18-9-13)16-7-3-2-6-15(14)16/h2-9,12,17H,10-11H2,1H3. The quantitative estimate of drug-likeness (QED) is 0.772. The van der Waals surface area contributed by atoms with Crippen molar-refractivity contribution in [2.24, 2.45) is 0 Å². The maximum absolute atomic E-state index is 4.18. The summed E-state index contributed by atoms with van der Waals surface area (Å²) in [4.78, 5) is 4.18. The van der Waals surface area contributed by atoms with E-state index in [4.69, 9.17) is 0 Å². The van der Waals surface area contributed by atoms with Gasteiger partial charge in [0.05, 0.1) is 0 Å². The van der Waals surface area contributed by atoms with Crippen LogP contribution >= 0.6 is 0 Å². The number of hydrogen-bond acceptors (Lipinski definition) is 2. The van der Waals surface area contributed by atoms with Crippen molar-refractivity contribution in [3.8, 4) is 0 Å². The van der Waals surface area contributed by atoms with E-state index in [1.165, 1.54) is 22.0 Å². The van der Waals surface area contributed by atoms with Gasteiger partial charge in [-0.25, -0.2) is 0 Å². The van der Waals surface area contributed by atoms with Crippen LogP contribution in [0.3, 0.4) is 0 Å². The average molecular weight is 251 g/mol. The van der Waals surface area contributed by atoms with E-state index in [9.17, 15) is 0 Å². The first-order valence-electron chi connectivity index (χ1n) is 6.49. The number of para-hydroxylation sites is 1. The number of aromatic nitrogens is 2. The molecular formula is C16H17N3. The second-order valence-corrected chi connectivity index (χ2v) is 4.69. The number of rotatable bonds is 4. The molecule has 0 saturated heterocycles. The van der Waals surface area contributed by atoms with Crippen LogP contribution in [-0.2, 0) is 13.1 Å². The minimum absolute atomic E-state index is 0.859. The predicted molar refractivity (Wildman–Crippen MR) is 78.0 cm³/mol. The number of nitrogens with one attached hydrogen (secondary N) is 1. The molecule has 0 atom stereocenters. The molecule has 3 rings (SSSR count). The summed E-state index contributed by atoms with van der Waals surface area (Å²) >= 11 is 0. The third kappa shape index (κ3) is 2.37. The van der Waals surface area contributed by atoms with E-state index in [2.05, 4.69) is 51.4 Å². The zero-order valence-electron chi connectivity index (χ0n) is 11.0. The van der Waals surface area contributed by atoms with E-state index in [1.54, 1.807) is 0 Å². The molecule has 0 bridgehead atoms. The van der Waals surface area contributed by atoms with Crippen LogP contribution in [0.4, 0.5) is 0 Å². The average Bonchev–Trinajstić information content (AvgIpc) is 2.79. The van der Waals surface area contributed by atoms with Crippen molar-refractivity contribution in [3.05, 3.63) is 66.1 Å². The van der Waals surface area contributed by atoms with Crippen LogP contribution in [0, 0.1) is 0 Å². The van der Waals surface area contributed by atoms with Gasteiger partial charge >= 0.3 is 0 Å². The van der Waals surface area contributed by atoms with Crippen molar-refractivity contribution in [2.45, 2.75) is 13.1 Å². The van der Waals surface area contributed by atoms with Gasteiger partial charge in [-0.05, 0) is 30.3 Å². The van der Waals surface area contributed by atoms with Gasteiger partial charge < -0.3 is 9.88 Å². The lowest BCUT2D eigenvalue weighted by Gasteiger charge is -2.04. The third-order valence-corrected chi connectivity index (χ3v) is 3.31.